The van der Waals surface area contributed by atoms with Crippen LogP contribution < -0.4 is 5.32 Å². The molecule has 5 nitrogen and oxygen atoms in total. The first-order valence-corrected chi connectivity index (χ1v) is 14.2. The highest BCUT2D eigenvalue weighted by Crippen LogP contribution is 2.33. The molecule has 0 bridgehead atoms. The molecular weight excluding hydrogens is 540 g/mol. The van der Waals surface area contributed by atoms with E-state index in [1.165, 1.54) is 12.7 Å². The van der Waals surface area contributed by atoms with Gasteiger partial charge in [-0.05, 0) is 67.1 Å². The SMILES string of the molecule is COC(=O)CC(C)(CCCN1CCC(NC(=O)c2ccccc2-c2ccc(Br)cc2)CC1)c1ccccc1. The van der Waals surface area contributed by atoms with Crippen LogP contribution in [0.3, 0.4) is 0 Å². The Balaban J connectivity index is 1.28. The van der Waals surface area contributed by atoms with Gasteiger partial charge in [0.1, 0.15) is 0 Å². The van der Waals surface area contributed by atoms with E-state index in [4.69, 9.17) is 4.74 Å². The van der Waals surface area contributed by atoms with Crippen LogP contribution in [0.5, 0.6) is 0 Å². The molecule has 1 fully saturated rings. The van der Waals surface area contributed by atoms with E-state index in [1.807, 2.05) is 66.7 Å². The molecule has 1 atom stereocenters. The van der Waals surface area contributed by atoms with Gasteiger partial charge < -0.3 is 15.0 Å². The fourth-order valence-corrected chi connectivity index (χ4v) is 5.65. The molecule has 38 heavy (non-hydrogen) atoms. The Hall–Kier alpha value is -2.96. The number of hydrogen-bond donors (Lipinski definition) is 1. The van der Waals surface area contributed by atoms with Crippen LogP contribution in [-0.4, -0.2) is 49.6 Å². The standard InChI is InChI=1S/C32H37BrN2O3/c1-32(23-30(36)38-2,25-9-4-3-5-10-25)19-8-20-35-21-17-27(18-22-35)34-31(37)29-12-7-6-11-28(29)24-13-15-26(33)16-14-24/h3-7,9-16,27H,8,17-23H2,1-2H3,(H,34,37). The number of carbonyl (C=O) groups excluding carboxylic acids is 2. The summed E-state index contributed by atoms with van der Waals surface area (Å²) in [6, 6.07) is 26.3. The minimum atomic E-state index is -0.247. The number of methoxy groups -OCH3 is 1. The minimum Gasteiger partial charge on any atom is -0.469 e. The number of amides is 1. The van der Waals surface area contributed by atoms with Crippen molar-refractivity contribution in [2.75, 3.05) is 26.7 Å². The molecule has 1 N–H and O–H groups in total. The second-order valence-corrected chi connectivity index (χ2v) is 11.3. The molecular formula is C32H37BrN2O3. The number of nitrogens with zero attached hydrogens (tertiary/aromatic N) is 1. The lowest BCUT2D eigenvalue weighted by Gasteiger charge is -2.34. The van der Waals surface area contributed by atoms with Crippen molar-refractivity contribution in [3.8, 4) is 11.1 Å². The van der Waals surface area contributed by atoms with Crippen LogP contribution in [0.25, 0.3) is 11.1 Å². The highest BCUT2D eigenvalue weighted by Gasteiger charge is 2.30. The molecule has 1 saturated heterocycles. The third kappa shape index (κ3) is 7.33. The Morgan fingerprint density at radius 2 is 1.63 bits per heavy atom. The Morgan fingerprint density at radius 3 is 2.32 bits per heavy atom. The zero-order valence-electron chi connectivity index (χ0n) is 22.3. The Bertz CT molecular complexity index is 1210. The first-order chi connectivity index (χ1) is 18.4. The molecule has 1 unspecified atom stereocenters. The topological polar surface area (TPSA) is 58.6 Å². The number of halogens is 1. The van der Waals surface area contributed by atoms with Gasteiger partial charge in [0.25, 0.3) is 5.91 Å². The molecule has 6 heteroatoms. The Morgan fingerprint density at radius 1 is 0.974 bits per heavy atom. The highest BCUT2D eigenvalue weighted by molar-refractivity contribution is 9.10. The maximum absolute atomic E-state index is 13.2. The molecule has 0 aliphatic carbocycles. The summed E-state index contributed by atoms with van der Waals surface area (Å²) >= 11 is 3.48. The second kappa shape index (κ2) is 13.2. The molecule has 1 amide bonds. The lowest BCUT2D eigenvalue weighted by molar-refractivity contribution is -0.142. The van der Waals surface area contributed by atoms with Gasteiger partial charge in [-0.2, -0.15) is 0 Å². The van der Waals surface area contributed by atoms with Crippen LogP contribution in [0.2, 0.25) is 0 Å². The number of hydrogen-bond acceptors (Lipinski definition) is 4. The van der Waals surface area contributed by atoms with E-state index in [0.29, 0.717) is 12.0 Å². The molecule has 1 aliphatic rings. The number of carbonyl (C=O) groups is 2. The maximum Gasteiger partial charge on any atom is 0.306 e. The van der Waals surface area contributed by atoms with Crippen molar-refractivity contribution in [3.63, 3.8) is 0 Å². The summed E-state index contributed by atoms with van der Waals surface area (Å²) in [6.07, 6.45) is 4.16. The summed E-state index contributed by atoms with van der Waals surface area (Å²) in [5.74, 6) is -0.182. The number of esters is 1. The van der Waals surface area contributed by atoms with Crippen molar-refractivity contribution in [1.29, 1.82) is 0 Å². The number of benzene rings is 3. The second-order valence-electron chi connectivity index (χ2n) is 10.4. The van der Waals surface area contributed by atoms with Gasteiger partial charge in [0.05, 0.1) is 13.5 Å². The van der Waals surface area contributed by atoms with Crippen molar-refractivity contribution < 1.29 is 14.3 Å². The normalized spacial score (nSPS) is 16.0. The zero-order valence-corrected chi connectivity index (χ0v) is 23.9. The van der Waals surface area contributed by atoms with E-state index in [2.05, 4.69) is 45.2 Å². The minimum absolute atomic E-state index is 0.0107. The van der Waals surface area contributed by atoms with Crippen LogP contribution in [0.15, 0.2) is 83.3 Å². The maximum atomic E-state index is 13.2. The fraction of sp³-hybridized carbons (Fsp3) is 0.375. The van der Waals surface area contributed by atoms with E-state index in [9.17, 15) is 9.59 Å². The van der Waals surface area contributed by atoms with E-state index >= 15 is 0 Å². The van der Waals surface area contributed by atoms with Crippen LogP contribution in [-0.2, 0) is 14.9 Å². The van der Waals surface area contributed by atoms with E-state index in [1.54, 1.807) is 0 Å². The highest BCUT2D eigenvalue weighted by atomic mass is 79.9. The molecule has 1 aliphatic heterocycles. The number of piperidine rings is 1. The van der Waals surface area contributed by atoms with Crippen LogP contribution in [0.4, 0.5) is 0 Å². The molecule has 0 spiro atoms. The third-order valence-corrected chi connectivity index (χ3v) is 8.21. The quantitative estimate of drug-likeness (QED) is 0.276. The Kier molecular flexibility index (Phi) is 9.75. The molecule has 200 valence electrons. The van der Waals surface area contributed by atoms with Crippen LogP contribution in [0, 0.1) is 0 Å². The van der Waals surface area contributed by atoms with Gasteiger partial charge in [-0.25, -0.2) is 0 Å². The van der Waals surface area contributed by atoms with E-state index < -0.39 is 0 Å². The summed E-state index contributed by atoms with van der Waals surface area (Å²) in [5, 5.41) is 3.28. The molecule has 1 heterocycles. The monoisotopic (exact) mass is 576 g/mol. The number of likely N-dealkylation sites (tertiary alicyclic amines) is 1. The van der Waals surface area contributed by atoms with Gasteiger partial charge in [-0.3, -0.25) is 9.59 Å². The molecule has 3 aromatic rings. The average Bonchev–Trinajstić information content (AvgIpc) is 2.95. The summed E-state index contributed by atoms with van der Waals surface area (Å²) in [5.41, 5.74) is 3.62. The lowest BCUT2D eigenvalue weighted by Crippen LogP contribution is -2.45. The zero-order chi connectivity index (χ0) is 27.0. The van der Waals surface area contributed by atoms with Gasteiger partial charge in [0.15, 0.2) is 0 Å². The third-order valence-electron chi connectivity index (χ3n) is 7.69. The molecule has 3 aromatic carbocycles. The van der Waals surface area contributed by atoms with Crippen molar-refractivity contribution >= 4 is 27.8 Å². The summed E-state index contributed by atoms with van der Waals surface area (Å²) in [6.45, 7) is 5.06. The van der Waals surface area contributed by atoms with Crippen LogP contribution >= 0.6 is 15.9 Å². The summed E-state index contributed by atoms with van der Waals surface area (Å²) in [4.78, 5) is 27.8. The van der Waals surface area contributed by atoms with E-state index in [-0.39, 0.29) is 23.3 Å². The van der Waals surface area contributed by atoms with Gasteiger partial charge in [0, 0.05) is 34.6 Å². The lowest BCUT2D eigenvalue weighted by atomic mass is 9.76. The van der Waals surface area contributed by atoms with E-state index in [0.717, 1.165) is 60.9 Å². The smallest absolute Gasteiger partial charge is 0.306 e. The van der Waals surface area contributed by atoms with Gasteiger partial charge in [-0.15, -0.1) is 0 Å². The van der Waals surface area contributed by atoms with Gasteiger partial charge in [-0.1, -0.05) is 83.5 Å². The fourth-order valence-electron chi connectivity index (χ4n) is 5.39. The summed E-state index contributed by atoms with van der Waals surface area (Å²) < 4.78 is 6.01. The number of ether oxygens (including phenoxy) is 1. The van der Waals surface area contributed by atoms with Gasteiger partial charge in [0.2, 0.25) is 0 Å². The predicted octanol–water partition coefficient (Wildman–Crippen LogP) is 6.61. The predicted molar refractivity (Wildman–Crippen MR) is 156 cm³/mol. The van der Waals surface area contributed by atoms with Crippen molar-refractivity contribution in [2.45, 2.75) is 50.5 Å². The first-order valence-electron chi connectivity index (χ1n) is 13.4. The molecule has 4 rings (SSSR count). The molecule has 0 aromatic heterocycles. The number of rotatable bonds is 10. The average molecular weight is 578 g/mol. The Labute approximate surface area is 234 Å². The summed E-state index contributed by atoms with van der Waals surface area (Å²) in [7, 11) is 1.45. The van der Waals surface area contributed by atoms with Crippen LogP contribution in [0.1, 0.15) is 54.9 Å². The van der Waals surface area contributed by atoms with Crippen molar-refractivity contribution in [1.82, 2.24) is 10.2 Å². The first kappa shape index (κ1) is 28.1. The van der Waals surface area contributed by atoms with Gasteiger partial charge >= 0.3 is 5.97 Å². The molecule has 0 saturated carbocycles. The largest absolute Gasteiger partial charge is 0.469 e. The molecule has 0 radical (unpaired) electrons. The number of nitrogens with one attached hydrogen (secondary N) is 1. The van der Waals surface area contributed by atoms with Crippen molar-refractivity contribution in [3.05, 3.63) is 94.5 Å². The van der Waals surface area contributed by atoms with Crippen molar-refractivity contribution in [2.24, 2.45) is 0 Å².